The number of aliphatic imine (C=N–C) groups is 1. The van der Waals surface area contributed by atoms with Crippen LogP contribution >= 0.6 is 0 Å². The summed E-state index contributed by atoms with van der Waals surface area (Å²) in [6, 6.07) is 12.6. The van der Waals surface area contributed by atoms with Gasteiger partial charge in [-0.15, -0.1) is 0 Å². The van der Waals surface area contributed by atoms with Crippen molar-refractivity contribution in [3.8, 4) is 11.5 Å². The summed E-state index contributed by atoms with van der Waals surface area (Å²) in [7, 11) is 1.78. The third-order valence-corrected chi connectivity index (χ3v) is 11.1. The first-order chi connectivity index (χ1) is 28.7. The molecule has 5 heterocycles. The van der Waals surface area contributed by atoms with Crippen LogP contribution in [0.25, 0.3) is 10.9 Å². The van der Waals surface area contributed by atoms with Crippen LogP contribution in [0.4, 0.5) is 42.1 Å². The number of anilines is 2. The summed E-state index contributed by atoms with van der Waals surface area (Å²) in [5.74, 6) is 0.115. The summed E-state index contributed by atoms with van der Waals surface area (Å²) in [5.41, 5.74) is 0.692. The molecule has 1 N–H and O–H groups in total. The van der Waals surface area contributed by atoms with Crippen LogP contribution in [-0.2, 0) is 19.8 Å². The summed E-state index contributed by atoms with van der Waals surface area (Å²) in [4.78, 5) is 35.8. The van der Waals surface area contributed by atoms with Gasteiger partial charge in [-0.25, -0.2) is 9.37 Å². The fourth-order valence-corrected chi connectivity index (χ4v) is 8.36. The number of nitrogens with one attached hydrogen (secondary N) is 1. The van der Waals surface area contributed by atoms with Crippen molar-refractivity contribution in [2.45, 2.75) is 69.4 Å². The number of aryl methyl sites for hydroxylation is 2. The average Bonchev–Trinajstić information content (AvgIpc) is 3.62. The number of ketones is 1. The van der Waals surface area contributed by atoms with Gasteiger partial charge < -0.3 is 24.3 Å². The minimum absolute atomic E-state index is 0.00167. The molecule has 0 spiro atoms. The quantitative estimate of drug-likeness (QED) is 0.0929. The van der Waals surface area contributed by atoms with Gasteiger partial charge in [0.2, 0.25) is 0 Å². The largest absolute Gasteiger partial charge is 0.494 e. The SMILES string of the molecule is Cn1ncnc1[C@H]1C2=NCC(=O)c3cc(F)cc(c32)N[C@@H]1c1ccc(OCCCCCCCCn2c(=O)cc(C(F)(F)F)c3cc4c(cc32)OCCN4CC(F)(F)F)cc1. The van der Waals surface area contributed by atoms with Crippen molar-refractivity contribution < 1.29 is 45.0 Å². The van der Waals surface area contributed by atoms with Gasteiger partial charge in [0.25, 0.3) is 5.56 Å². The molecule has 60 heavy (non-hydrogen) atoms. The first-order valence-corrected chi connectivity index (χ1v) is 19.6. The number of aromatic nitrogens is 4. The zero-order valence-electron chi connectivity index (χ0n) is 32.4. The number of nitrogens with zero attached hydrogens (tertiary/aromatic N) is 6. The molecule has 0 unspecified atom stereocenters. The number of Topliss-reactive ketones (excluding diaryl/α,β-unsaturated/α-hetero) is 1. The minimum Gasteiger partial charge on any atom is -0.494 e. The number of alkyl halides is 6. The highest BCUT2D eigenvalue weighted by molar-refractivity contribution is 6.21. The van der Waals surface area contributed by atoms with E-state index in [1.54, 1.807) is 11.7 Å². The van der Waals surface area contributed by atoms with Crippen LogP contribution in [0.3, 0.4) is 0 Å². The van der Waals surface area contributed by atoms with Gasteiger partial charge in [-0.1, -0.05) is 37.8 Å². The number of benzene rings is 3. The first kappa shape index (κ1) is 40.8. The maximum atomic E-state index is 14.6. The van der Waals surface area contributed by atoms with Crippen LogP contribution in [0.2, 0.25) is 0 Å². The number of carbonyl (C=O) groups is 1. The van der Waals surface area contributed by atoms with E-state index in [1.165, 1.54) is 29.1 Å². The van der Waals surface area contributed by atoms with Gasteiger partial charge in [-0.05, 0) is 48.7 Å². The molecular formula is C42H40F7N7O4. The van der Waals surface area contributed by atoms with E-state index in [0.29, 0.717) is 59.6 Å². The zero-order chi connectivity index (χ0) is 42.3. The van der Waals surface area contributed by atoms with E-state index in [2.05, 4.69) is 20.4 Å². The number of hydrogen-bond acceptors (Lipinski definition) is 9. The van der Waals surface area contributed by atoms with E-state index in [1.807, 2.05) is 24.3 Å². The molecule has 0 saturated carbocycles. The molecule has 3 aliphatic heterocycles. The van der Waals surface area contributed by atoms with Gasteiger partial charge in [-0.2, -0.15) is 31.4 Å². The molecule has 0 saturated heterocycles. The van der Waals surface area contributed by atoms with E-state index < -0.39 is 47.8 Å². The lowest BCUT2D eigenvalue weighted by molar-refractivity contribution is -0.136. The van der Waals surface area contributed by atoms with Gasteiger partial charge >= 0.3 is 12.4 Å². The number of unbranched alkanes of at least 4 members (excludes halogenated alkanes) is 5. The predicted octanol–water partition coefficient (Wildman–Crippen LogP) is 8.40. The van der Waals surface area contributed by atoms with E-state index in [9.17, 15) is 40.3 Å². The van der Waals surface area contributed by atoms with Gasteiger partial charge in [-0.3, -0.25) is 19.3 Å². The Morgan fingerprint density at radius 1 is 0.933 bits per heavy atom. The normalized spacial score (nSPS) is 17.5. The molecule has 3 aliphatic rings. The van der Waals surface area contributed by atoms with Gasteiger partial charge in [0.05, 0.1) is 47.6 Å². The van der Waals surface area contributed by atoms with Crippen molar-refractivity contribution >= 4 is 33.8 Å². The Bertz CT molecular complexity index is 2510. The molecule has 0 bridgehead atoms. The number of halogens is 7. The maximum absolute atomic E-state index is 14.6. The topological polar surface area (TPSA) is 116 Å². The van der Waals surface area contributed by atoms with Crippen LogP contribution in [0.15, 0.2) is 70.7 Å². The molecule has 18 heteroatoms. The zero-order valence-corrected chi connectivity index (χ0v) is 32.4. The summed E-state index contributed by atoms with van der Waals surface area (Å²) < 4.78 is 111. The average molecular weight is 840 g/mol. The van der Waals surface area contributed by atoms with Crippen molar-refractivity contribution in [2.24, 2.45) is 12.0 Å². The van der Waals surface area contributed by atoms with Gasteiger partial charge in [0.15, 0.2) is 5.78 Å². The highest BCUT2D eigenvalue weighted by Gasteiger charge is 2.42. The van der Waals surface area contributed by atoms with Gasteiger partial charge in [0, 0.05) is 47.9 Å². The molecule has 2 atom stereocenters. The number of pyridine rings is 1. The number of hydrogen-bond donors (Lipinski definition) is 1. The number of carbonyl (C=O) groups excluding carboxylic acids is 1. The van der Waals surface area contributed by atoms with Crippen LogP contribution in [0, 0.1) is 5.82 Å². The smallest absolute Gasteiger partial charge is 0.417 e. The van der Waals surface area contributed by atoms with Crippen molar-refractivity contribution in [3.05, 3.63) is 105 Å². The van der Waals surface area contributed by atoms with E-state index in [4.69, 9.17) is 9.47 Å². The molecule has 2 aromatic heterocycles. The van der Waals surface area contributed by atoms with E-state index in [0.717, 1.165) is 42.2 Å². The summed E-state index contributed by atoms with van der Waals surface area (Å²) >= 11 is 0. The second kappa shape index (κ2) is 16.3. The van der Waals surface area contributed by atoms with Crippen LogP contribution < -0.4 is 25.2 Å². The lowest BCUT2D eigenvalue weighted by Crippen LogP contribution is -2.39. The summed E-state index contributed by atoms with van der Waals surface area (Å²) in [6.45, 7) is -1.06. The van der Waals surface area contributed by atoms with E-state index >= 15 is 0 Å². The monoisotopic (exact) mass is 839 g/mol. The third-order valence-electron chi connectivity index (χ3n) is 11.1. The Morgan fingerprint density at radius 2 is 1.68 bits per heavy atom. The fourth-order valence-electron chi connectivity index (χ4n) is 8.36. The molecule has 8 rings (SSSR count). The molecule has 316 valence electrons. The van der Waals surface area contributed by atoms with Crippen LogP contribution in [0.5, 0.6) is 11.5 Å². The molecule has 0 amide bonds. The van der Waals surface area contributed by atoms with Gasteiger partial charge in [0.1, 0.15) is 49.2 Å². The predicted molar refractivity (Wildman–Crippen MR) is 209 cm³/mol. The number of ether oxygens (including phenoxy) is 2. The molecular weight excluding hydrogens is 799 g/mol. The molecule has 11 nitrogen and oxygen atoms in total. The molecule has 5 aromatic rings. The summed E-state index contributed by atoms with van der Waals surface area (Å²) in [5, 5.41) is 7.33. The lowest BCUT2D eigenvalue weighted by Gasteiger charge is -2.37. The fraction of sp³-hybridized carbons (Fsp3) is 0.405. The Kier molecular flexibility index (Phi) is 11.1. The lowest BCUT2D eigenvalue weighted by atomic mass is 9.78. The van der Waals surface area contributed by atoms with E-state index in [-0.39, 0.29) is 54.4 Å². The molecule has 0 fully saturated rings. The van der Waals surface area contributed by atoms with Crippen LogP contribution in [-0.4, -0.2) is 69.9 Å². The molecule has 0 radical (unpaired) electrons. The number of fused-ring (bicyclic) bond motifs is 2. The standard InChI is InChI=1S/C42H40F7N7O4/c1-54-40(51-23-52-54)37-38(53-30-17-25(43)16-28-33(57)21-50-39(37)36(28)30)24-8-10-26(11-9-24)59-14-7-5-3-2-4-6-12-56-31-20-34-32(55(13-15-60-34)22-41(44,45)46)18-27(31)29(19-35(56)58)42(47,48)49/h8-11,16-20,23,37-38,53H,2-7,12-15,21-22H2,1H3/t37-,38-/m1/s1. The Balaban J connectivity index is 0.852. The first-order valence-electron chi connectivity index (χ1n) is 19.6. The summed E-state index contributed by atoms with van der Waals surface area (Å²) in [6.07, 6.45) is -3.53. The minimum atomic E-state index is -4.90. The number of rotatable bonds is 13. The second-order valence-electron chi connectivity index (χ2n) is 15.1. The highest BCUT2D eigenvalue weighted by Crippen LogP contribution is 2.46. The van der Waals surface area contributed by atoms with Crippen molar-refractivity contribution in [2.75, 3.05) is 43.1 Å². The Hall–Kier alpha value is -5.94. The van der Waals surface area contributed by atoms with Crippen molar-refractivity contribution in [1.29, 1.82) is 0 Å². The highest BCUT2D eigenvalue weighted by atomic mass is 19.4. The molecule has 0 aliphatic carbocycles. The Morgan fingerprint density at radius 3 is 2.40 bits per heavy atom. The van der Waals surface area contributed by atoms with Crippen molar-refractivity contribution in [1.82, 2.24) is 19.3 Å². The van der Waals surface area contributed by atoms with Crippen LogP contribution in [0.1, 0.15) is 83.4 Å². The maximum Gasteiger partial charge on any atom is 0.417 e. The third kappa shape index (κ3) is 8.28. The molecule has 3 aromatic carbocycles. The Labute approximate surface area is 338 Å². The van der Waals surface area contributed by atoms with Crippen molar-refractivity contribution in [3.63, 3.8) is 0 Å². The second-order valence-corrected chi connectivity index (χ2v) is 15.1.